The van der Waals surface area contributed by atoms with E-state index >= 15 is 0 Å². The molecule has 0 atom stereocenters. The monoisotopic (exact) mass is 208 g/mol. The van der Waals surface area contributed by atoms with E-state index in [9.17, 15) is 4.79 Å². The van der Waals surface area contributed by atoms with Crippen molar-refractivity contribution in [2.45, 2.75) is 38.5 Å². The third kappa shape index (κ3) is 1.62. The van der Waals surface area contributed by atoms with E-state index in [0.29, 0.717) is 6.61 Å². The van der Waals surface area contributed by atoms with Gasteiger partial charge in [0.2, 0.25) is 0 Å². The second-order valence-corrected chi connectivity index (χ2v) is 5.99. The topological polar surface area (TPSA) is 50.1 Å². The Morgan fingerprint density at radius 1 is 1.13 bits per heavy atom. The first-order valence-corrected chi connectivity index (χ1v) is 6.04. The Labute approximate surface area is 90.4 Å². The van der Waals surface area contributed by atoms with Gasteiger partial charge in [-0.25, -0.2) is 10.5 Å². The summed E-state index contributed by atoms with van der Waals surface area (Å²) in [6, 6.07) is 0. The number of hydrogen-bond acceptors (Lipinski definition) is 2. The maximum atomic E-state index is 10.6. The first-order chi connectivity index (χ1) is 7.15. The van der Waals surface area contributed by atoms with E-state index in [1.54, 1.807) is 0 Å². The molecule has 0 aromatic rings. The lowest BCUT2D eigenvalue weighted by Crippen LogP contribution is -2.48. The van der Waals surface area contributed by atoms with Crippen molar-refractivity contribution in [3.05, 3.63) is 0 Å². The van der Waals surface area contributed by atoms with Crippen LogP contribution in [0.4, 0.5) is 4.79 Å². The highest BCUT2D eigenvalue weighted by atomic mass is 16.5. The standard InChI is InChI=1S/C12H18NO2/c13-11(14)15-7-12-4-8-1-9(5-12)3-10(2-8)6-12/h8-10,13H,1-7H2. The summed E-state index contributed by atoms with van der Waals surface area (Å²) in [7, 11) is 0. The zero-order valence-electron chi connectivity index (χ0n) is 9.00. The summed E-state index contributed by atoms with van der Waals surface area (Å²) in [6.45, 7) is 0.513. The molecule has 4 saturated carbocycles. The summed E-state index contributed by atoms with van der Waals surface area (Å²) in [5, 5.41) is 0. The fourth-order valence-corrected chi connectivity index (χ4v) is 4.69. The molecule has 1 radical (unpaired) electrons. The number of ether oxygens (including phenoxy) is 1. The van der Waals surface area contributed by atoms with Crippen LogP contribution in [0.2, 0.25) is 0 Å². The average Bonchev–Trinajstić information content (AvgIpc) is 2.12. The molecule has 83 valence electrons. The van der Waals surface area contributed by atoms with Crippen LogP contribution in [0, 0.1) is 23.2 Å². The lowest BCUT2D eigenvalue weighted by Gasteiger charge is -2.56. The summed E-state index contributed by atoms with van der Waals surface area (Å²) in [5.41, 5.74) is 7.10. The number of nitrogens with one attached hydrogen (secondary N) is 1. The molecule has 0 aliphatic heterocycles. The summed E-state index contributed by atoms with van der Waals surface area (Å²) < 4.78 is 4.95. The van der Waals surface area contributed by atoms with Crippen LogP contribution in [-0.4, -0.2) is 12.7 Å². The Bertz CT molecular complexity index is 252. The quantitative estimate of drug-likeness (QED) is 0.700. The van der Waals surface area contributed by atoms with Crippen LogP contribution < -0.4 is 5.73 Å². The van der Waals surface area contributed by atoms with E-state index < -0.39 is 6.09 Å². The molecule has 3 heteroatoms. The summed E-state index contributed by atoms with van der Waals surface area (Å²) in [6.07, 6.45) is 7.10. The second-order valence-electron chi connectivity index (χ2n) is 5.99. The summed E-state index contributed by atoms with van der Waals surface area (Å²) >= 11 is 0. The lowest BCUT2D eigenvalue weighted by molar-refractivity contribution is -0.0813. The molecular formula is C12H18NO2. The van der Waals surface area contributed by atoms with Crippen LogP contribution in [-0.2, 0) is 4.74 Å². The van der Waals surface area contributed by atoms with Gasteiger partial charge in [-0.05, 0) is 56.3 Å². The zero-order chi connectivity index (χ0) is 10.5. The van der Waals surface area contributed by atoms with Crippen LogP contribution in [0.5, 0.6) is 0 Å². The molecule has 3 nitrogen and oxygen atoms in total. The molecule has 4 fully saturated rings. The van der Waals surface area contributed by atoms with E-state index in [2.05, 4.69) is 0 Å². The van der Waals surface area contributed by atoms with Gasteiger partial charge in [-0.1, -0.05) is 0 Å². The third-order valence-corrected chi connectivity index (χ3v) is 4.67. The molecule has 1 amide bonds. The van der Waals surface area contributed by atoms with Crippen molar-refractivity contribution in [1.29, 1.82) is 0 Å². The molecule has 0 heterocycles. The van der Waals surface area contributed by atoms with Crippen molar-refractivity contribution < 1.29 is 9.53 Å². The van der Waals surface area contributed by atoms with Crippen molar-refractivity contribution in [3.63, 3.8) is 0 Å². The first kappa shape index (κ1) is 9.49. The number of amides is 1. The Morgan fingerprint density at radius 2 is 1.60 bits per heavy atom. The molecule has 0 aromatic carbocycles. The maximum Gasteiger partial charge on any atom is 0.426 e. The van der Waals surface area contributed by atoms with Gasteiger partial charge in [-0.3, -0.25) is 0 Å². The molecule has 4 rings (SSSR count). The minimum atomic E-state index is -0.856. The van der Waals surface area contributed by atoms with Gasteiger partial charge < -0.3 is 4.74 Å². The molecule has 4 bridgehead atoms. The van der Waals surface area contributed by atoms with Gasteiger partial charge in [0.15, 0.2) is 0 Å². The molecule has 0 unspecified atom stereocenters. The van der Waals surface area contributed by atoms with Gasteiger partial charge in [0.1, 0.15) is 0 Å². The van der Waals surface area contributed by atoms with Gasteiger partial charge in [0.25, 0.3) is 0 Å². The molecule has 1 N–H and O–H groups in total. The van der Waals surface area contributed by atoms with E-state index in [4.69, 9.17) is 10.5 Å². The van der Waals surface area contributed by atoms with Crippen LogP contribution in [0.3, 0.4) is 0 Å². The van der Waals surface area contributed by atoms with Crippen molar-refractivity contribution in [3.8, 4) is 0 Å². The van der Waals surface area contributed by atoms with Crippen LogP contribution in [0.25, 0.3) is 0 Å². The molecule has 4 aliphatic rings. The van der Waals surface area contributed by atoms with Crippen molar-refractivity contribution >= 4 is 6.09 Å². The SMILES string of the molecule is [NH]C(=O)OCC12CC3CC(CC(C3)C1)C2. The molecule has 0 saturated heterocycles. The predicted octanol–water partition coefficient (Wildman–Crippen LogP) is 2.62. The highest BCUT2D eigenvalue weighted by Gasteiger charge is 2.51. The summed E-state index contributed by atoms with van der Waals surface area (Å²) in [4.78, 5) is 10.6. The smallest absolute Gasteiger partial charge is 0.426 e. The number of rotatable bonds is 2. The molecule has 0 spiro atoms. The van der Waals surface area contributed by atoms with E-state index in [1.807, 2.05) is 0 Å². The molecular weight excluding hydrogens is 190 g/mol. The maximum absolute atomic E-state index is 10.6. The van der Waals surface area contributed by atoms with Gasteiger partial charge in [0.05, 0.1) is 6.61 Å². The van der Waals surface area contributed by atoms with Crippen LogP contribution in [0.1, 0.15) is 38.5 Å². The van der Waals surface area contributed by atoms with Gasteiger partial charge >= 0.3 is 6.09 Å². The Kier molecular flexibility index (Phi) is 1.98. The number of carbonyl (C=O) groups excluding carboxylic acids is 1. The van der Waals surface area contributed by atoms with Crippen LogP contribution >= 0.6 is 0 Å². The predicted molar refractivity (Wildman–Crippen MR) is 55.0 cm³/mol. The van der Waals surface area contributed by atoms with E-state index in [-0.39, 0.29) is 5.41 Å². The average molecular weight is 208 g/mol. The van der Waals surface area contributed by atoms with Gasteiger partial charge in [-0.2, -0.15) is 0 Å². The van der Waals surface area contributed by atoms with E-state index in [1.165, 1.54) is 38.5 Å². The summed E-state index contributed by atoms with van der Waals surface area (Å²) in [5.74, 6) is 2.67. The Balaban J connectivity index is 1.72. The molecule has 15 heavy (non-hydrogen) atoms. The van der Waals surface area contributed by atoms with Gasteiger partial charge in [-0.15, -0.1) is 0 Å². The Morgan fingerprint density at radius 3 is 2.00 bits per heavy atom. The largest absolute Gasteiger partial charge is 0.448 e. The first-order valence-electron chi connectivity index (χ1n) is 6.04. The molecule has 4 aliphatic carbocycles. The minimum Gasteiger partial charge on any atom is -0.448 e. The second kappa shape index (κ2) is 3.13. The highest BCUT2D eigenvalue weighted by molar-refractivity contribution is 5.63. The number of carbonyl (C=O) groups is 1. The third-order valence-electron chi connectivity index (χ3n) is 4.67. The van der Waals surface area contributed by atoms with Crippen molar-refractivity contribution in [2.24, 2.45) is 23.2 Å². The molecule has 0 aromatic heterocycles. The number of hydrogen-bond donors (Lipinski definition) is 0. The Hall–Kier alpha value is -0.730. The minimum absolute atomic E-state index is 0.269. The van der Waals surface area contributed by atoms with Gasteiger partial charge in [0, 0.05) is 5.41 Å². The van der Waals surface area contributed by atoms with Crippen molar-refractivity contribution in [2.75, 3.05) is 6.61 Å². The normalized spacial score (nSPS) is 46.8. The highest BCUT2D eigenvalue weighted by Crippen LogP contribution is 2.59. The van der Waals surface area contributed by atoms with Crippen molar-refractivity contribution in [1.82, 2.24) is 5.73 Å². The van der Waals surface area contributed by atoms with E-state index in [0.717, 1.165) is 17.8 Å². The van der Waals surface area contributed by atoms with Crippen LogP contribution in [0.15, 0.2) is 0 Å². The fraction of sp³-hybridized carbons (Fsp3) is 0.917. The lowest BCUT2D eigenvalue weighted by atomic mass is 9.50. The zero-order valence-corrected chi connectivity index (χ0v) is 9.00. The fourth-order valence-electron chi connectivity index (χ4n) is 4.69.